The van der Waals surface area contributed by atoms with Crippen molar-refractivity contribution < 1.29 is 14.2 Å². The van der Waals surface area contributed by atoms with Crippen molar-refractivity contribution in [1.82, 2.24) is 19.4 Å². The zero-order chi connectivity index (χ0) is 30.9. The molecular formula is C34H38FN5O3. The number of benzene rings is 2. The first-order chi connectivity index (χ1) is 20.4. The molecule has 1 unspecified atom stereocenters. The van der Waals surface area contributed by atoms with Crippen molar-refractivity contribution in [2.24, 2.45) is 7.05 Å². The summed E-state index contributed by atoms with van der Waals surface area (Å²) < 4.78 is 21.3. The molecule has 1 aliphatic rings. The van der Waals surface area contributed by atoms with Crippen molar-refractivity contribution >= 4 is 22.3 Å². The fourth-order valence-electron chi connectivity index (χ4n) is 5.59. The van der Waals surface area contributed by atoms with E-state index < -0.39 is 5.60 Å². The first kappa shape index (κ1) is 30.1. The van der Waals surface area contributed by atoms with Crippen LogP contribution < -0.4 is 10.5 Å². The maximum atomic E-state index is 13.8. The van der Waals surface area contributed by atoms with E-state index in [2.05, 4.69) is 17.5 Å². The maximum absolute atomic E-state index is 13.8. The third-order valence-electron chi connectivity index (χ3n) is 7.50. The van der Waals surface area contributed by atoms with Crippen LogP contribution in [0.3, 0.4) is 0 Å². The van der Waals surface area contributed by atoms with Crippen molar-refractivity contribution in [3.63, 3.8) is 0 Å². The second-order valence-electron chi connectivity index (χ2n) is 11.8. The molecule has 0 saturated carbocycles. The van der Waals surface area contributed by atoms with E-state index in [9.17, 15) is 14.3 Å². The smallest absolute Gasteiger partial charge is 0.253 e. The Kier molecular flexibility index (Phi) is 8.48. The first-order valence-electron chi connectivity index (χ1n) is 14.3. The van der Waals surface area contributed by atoms with Gasteiger partial charge in [-0.25, -0.2) is 14.4 Å². The van der Waals surface area contributed by atoms with Gasteiger partial charge in [0.25, 0.3) is 5.56 Å². The number of aliphatic hydroxyl groups is 1. The number of morpholine rings is 1. The highest BCUT2D eigenvalue weighted by molar-refractivity contribution is 5.94. The van der Waals surface area contributed by atoms with Gasteiger partial charge < -0.3 is 24.2 Å². The summed E-state index contributed by atoms with van der Waals surface area (Å²) in [5, 5.41) is 11.2. The summed E-state index contributed by atoms with van der Waals surface area (Å²) in [5.41, 5.74) is 3.95. The normalized spacial score (nSPS) is 16.0. The Morgan fingerprint density at radius 3 is 2.60 bits per heavy atom. The van der Waals surface area contributed by atoms with E-state index in [1.54, 1.807) is 43.7 Å². The summed E-state index contributed by atoms with van der Waals surface area (Å²) >= 11 is 0. The number of rotatable bonds is 8. The van der Waals surface area contributed by atoms with E-state index >= 15 is 0 Å². The Balaban J connectivity index is 1.70. The molecule has 2 aromatic carbocycles. The average molecular weight is 584 g/mol. The molecule has 2 aromatic heterocycles. The molecule has 0 amide bonds. The Labute approximate surface area is 251 Å². The van der Waals surface area contributed by atoms with Crippen molar-refractivity contribution in [3.05, 3.63) is 107 Å². The molecule has 1 saturated heterocycles. The summed E-state index contributed by atoms with van der Waals surface area (Å²) in [6, 6.07) is 14.2. The van der Waals surface area contributed by atoms with Crippen LogP contribution in [0, 0.1) is 12.7 Å². The van der Waals surface area contributed by atoms with Crippen LogP contribution >= 0.6 is 0 Å². The number of nitrogens with zero attached hydrogens (tertiary/aromatic N) is 5. The van der Waals surface area contributed by atoms with Crippen LogP contribution in [0.1, 0.15) is 36.8 Å². The Bertz CT molecular complexity index is 1710. The molecule has 1 N–H and O–H groups in total. The number of aromatic nitrogens is 3. The van der Waals surface area contributed by atoms with Crippen molar-refractivity contribution in [1.29, 1.82) is 0 Å². The van der Waals surface area contributed by atoms with Gasteiger partial charge in [-0.05, 0) is 67.8 Å². The molecule has 8 nitrogen and oxygen atoms in total. The highest BCUT2D eigenvalue weighted by Crippen LogP contribution is 2.36. The number of ether oxygens (including phenoxy) is 1. The molecular weight excluding hydrogens is 545 g/mol. The Hall–Kier alpha value is -4.34. The molecule has 43 heavy (non-hydrogen) atoms. The van der Waals surface area contributed by atoms with Crippen molar-refractivity contribution in [3.8, 4) is 11.1 Å². The monoisotopic (exact) mass is 583 g/mol. The molecule has 224 valence electrons. The van der Waals surface area contributed by atoms with Gasteiger partial charge in [0.1, 0.15) is 11.6 Å². The van der Waals surface area contributed by atoms with Gasteiger partial charge in [-0.2, -0.15) is 0 Å². The van der Waals surface area contributed by atoms with Crippen LogP contribution in [0.4, 0.5) is 10.2 Å². The molecule has 3 heterocycles. The highest BCUT2D eigenvalue weighted by Gasteiger charge is 2.28. The molecule has 0 aliphatic carbocycles. The van der Waals surface area contributed by atoms with Crippen LogP contribution in [-0.4, -0.2) is 63.5 Å². The van der Waals surface area contributed by atoms with Crippen LogP contribution in [-0.2, 0) is 11.8 Å². The lowest BCUT2D eigenvalue weighted by molar-refractivity contribution is 0.0570. The number of pyridine rings is 1. The molecule has 1 atom stereocenters. The summed E-state index contributed by atoms with van der Waals surface area (Å²) in [5.74, 6) is 0.920. The number of aryl methyl sites for hydroxylation is 2. The molecule has 5 rings (SSSR count). The fourth-order valence-corrected chi connectivity index (χ4v) is 5.59. The predicted molar refractivity (Wildman–Crippen MR) is 169 cm³/mol. The first-order valence-corrected chi connectivity index (χ1v) is 14.3. The van der Waals surface area contributed by atoms with Gasteiger partial charge in [0.2, 0.25) is 0 Å². The third-order valence-corrected chi connectivity index (χ3v) is 7.50. The predicted octanol–water partition coefficient (Wildman–Crippen LogP) is 5.25. The summed E-state index contributed by atoms with van der Waals surface area (Å²) in [6.45, 7) is 11.3. The maximum Gasteiger partial charge on any atom is 0.253 e. The highest BCUT2D eigenvalue weighted by atomic mass is 19.1. The molecule has 9 heteroatoms. The number of anilines is 1. The molecule has 1 fully saturated rings. The van der Waals surface area contributed by atoms with Gasteiger partial charge in [0, 0.05) is 56.1 Å². The largest absolute Gasteiger partial charge is 0.389 e. The number of hydrogen-bond donors (Lipinski definition) is 1. The van der Waals surface area contributed by atoms with Gasteiger partial charge in [-0.3, -0.25) is 4.79 Å². The van der Waals surface area contributed by atoms with E-state index in [0.717, 1.165) is 33.4 Å². The second kappa shape index (κ2) is 12.1. The van der Waals surface area contributed by atoms with Crippen LogP contribution in [0.25, 0.3) is 27.6 Å². The molecule has 1 aliphatic heterocycles. The number of hydrogen-bond acceptors (Lipinski definition) is 7. The summed E-state index contributed by atoms with van der Waals surface area (Å²) in [6.07, 6.45) is 5.43. The SMILES string of the molecule is C=C/C(=C\N(C)CC(C)(C)O)c1nc(N2CCOCC2c2ccc(F)cc2)c2cc(-c3cc(C)c(=O)n(C)c3)ccc2n1. The number of allylic oxidation sites excluding steroid dienone is 2. The van der Waals surface area contributed by atoms with Gasteiger partial charge in [-0.15, -0.1) is 0 Å². The molecule has 0 spiro atoms. The summed E-state index contributed by atoms with van der Waals surface area (Å²) in [4.78, 5) is 26.5. The lowest BCUT2D eigenvalue weighted by atomic mass is 10.0. The zero-order valence-electron chi connectivity index (χ0n) is 25.3. The van der Waals surface area contributed by atoms with E-state index in [0.29, 0.717) is 43.3 Å². The molecule has 4 aromatic rings. The van der Waals surface area contributed by atoms with Crippen LogP contribution in [0.2, 0.25) is 0 Å². The van der Waals surface area contributed by atoms with Crippen LogP contribution in [0.15, 0.2) is 78.4 Å². The molecule has 0 bridgehead atoms. The van der Waals surface area contributed by atoms with Crippen molar-refractivity contribution in [2.45, 2.75) is 32.4 Å². The quantitative estimate of drug-likeness (QED) is 0.284. The summed E-state index contributed by atoms with van der Waals surface area (Å²) in [7, 11) is 3.64. The standard InChI is InChI=1S/C34H38FN5O3/c1-7-23(18-38(5)21-34(3,4)42)31-36-29-13-10-25(26-16-22(2)33(41)39(6)19-26)17-28(29)32(37-31)40-14-15-43-20-30(40)24-8-11-27(35)12-9-24/h7-13,16-19,30,42H,1,14-15,20-21H2,2-6H3/b23-18+. The number of halogens is 1. The van der Waals surface area contributed by atoms with E-state index in [-0.39, 0.29) is 17.4 Å². The Morgan fingerprint density at radius 2 is 1.93 bits per heavy atom. The third kappa shape index (κ3) is 6.68. The Morgan fingerprint density at radius 1 is 1.19 bits per heavy atom. The fraction of sp³-hybridized carbons (Fsp3) is 0.324. The van der Waals surface area contributed by atoms with E-state index in [1.165, 1.54) is 12.1 Å². The minimum Gasteiger partial charge on any atom is -0.389 e. The molecule has 0 radical (unpaired) electrons. The lowest BCUT2D eigenvalue weighted by Gasteiger charge is -2.37. The topological polar surface area (TPSA) is 83.7 Å². The minimum absolute atomic E-state index is 0.0352. The minimum atomic E-state index is -0.890. The van der Waals surface area contributed by atoms with Gasteiger partial charge in [-0.1, -0.05) is 30.9 Å². The van der Waals surface area contributed by atoms with E-state index in [1.807, 2.05) is 49.5 Å². The average Bonchev–Trinajstić information content (AvgIpc) is 2.97. The van der Waals surface area contributed by atoms with Crippen molar-refractivity contribution in [2.75, 3.05) is 38.3 Å². The number of fused-ring (bicyclic) bond motifs is 1. The van der Waals surface area contributed by atoms with E-state index in [4.69, 9.17) is 14.7 Å². The second-order valence-corrected chi connectivity index (χ2v) is 11.8. The van der Waals surface area contributed by atoms with Gasteiger partial charge in [0.05, 0.1) is 30.4 Å². The number of likely N-dealkylation sites (N-methyl/N-ethyl adjacent to an activating group) is 1. The zero-order valence-corrected chi connectivity index (χ0v) is 25.3. The van der Waals surface area contributed by atoms with Gasteiger partial charge >= 0.3 is 0 Å². The lowest BCUT2D eigenvalue weighted by Crippen LogP contribution is -2.40. The van der Waals surface area contributed by atoms with Crippen LogP contribution in [0.5, 0.6) is 0 Å². The van der Waals surface area contributed by atoms with Gasteiger partial charge in [0.15, 0.2) is 5.82 Å².